The molecule has 9 rings (SSSR count). The van der Waals surface area contributed by atoms with Crippen LogP contribution in [-0.4, -0.2) is 9.13 Å². The number of fused-ring (bicyclic) bond motifs is 6. The largest absolute Gasteiger partial charge is 0.309 e. The molecule has 0 amide bonds. The Morgan fingerprint density at radius 2 is 0.940 bits per heavy atom. The summed E-state index contributed by atoms with van der Waals surface area (Å²) < 4.78 is 4.48. The Labute approximate surface area is 287 Å². The van der Waals surface area contributed by atoms with E-state index in [2.05, 4.69) is 118 Å². The van der Waals surface area contributed by atoms with Crippen molar-refractivity contribution in [2.45, 2.75) is 0 Å². The zero-order valence-electron chi connectivity index (χ0n) is 26.7. The monoisotopic (exact) mass is 635 g/mol. The number of benzene rings is 7. The summed E-state index contributed by atoms with van der Waals surface area (Å²) in [7, 11) is 0. The predicted molar refractivity (Wildman–Crippen MR) is 200 cm³/mol. The van der Waals surface area contributed by atoms with Crippen LogP contribution in [0.1, 0.15) is 16.7 Å². The van der Waals surface area contributed by atoms with E-state index in [4.69, 9.17) is 0 Å². The molecule has 230 valence electrons. The van der Waals surface area contributed by atoms with Gasteiger partial charge in [-0.25, -0.2) is 0 Å². The third kappa shape index (κ3) is 4.31. The van der Waals surface area contributed by atoms with Crippen LogP contribution in [0.3, 0.4) is 0 Å². The fourth-order valence-electron chi connectivity index (χ4n) is 7.48. The van der Waals surface area contributed by atoms with Gasteiger partial charge in [0.1, 0.15) is 0 Å². The molecule has 0 bridgehead atoms. The summed E-state index contributed by atoms with van der Waals surface area (Å²) in [5, 5.41) is 34.0. The van der Waals surface area contributed by atoms with Crippen molar-refractivity contribution in [2.75, 3.05) is 0 Å². The summed E-state index contributed by atoms with van der Waals surface area (Å²) in [6.07, 6.45) is 0. The SMILES string of the molecule is N#Cc1ccc2c(c1)c1cc(C#N)ccc1n2-c1ccccc1-c1cccc(C#N)c1-c1ccc(-n2c3ccccc3c3ccccc32)cc1. The van der Waals surface area contributed by atoms with Crippen LogP contribution in [0.2, 0.25) is 0 Å². The highest BCUT2D eigenvalue weighted by atomic mass is 15.0. The maximum Gasteiger partial charge on any atom is 0.0998 e. The van der Waals surface area contributed by atoms with Crippen LogP contribution in [0, 0.1) is 34.0 Å². The zero-order valence-corrected chi connectivity index (χ0v) is 26.7. The molecule has 0 radical (unpaired) electrons. The minimum Gasteiger partial charge on any atom is -0.309 e. The van der Waals surface area contributed by atoms with Crippen molar-refractivity contribution in [2.24, 2.45) is 0 Å². The maximum absolute atomic E-state index is 10.4. The van der Waals surface area contributed by atoms with Crippen LogP contribution in [0.25, 0.3) is 77.2 Å². The molecule has 5 heteroatoms. The standard InChI is InChI=1S/C45H25N5/c46-26-29-16-22-43-38(24-29)39-25-30(27-47)17-23-44(39)50(43)42-15-6-3-11-36(42)37-12-7-8-32(28-48)45(37)31-18-20-33(21-19-31)49-40-13-4-1-9-34(40)35-10-2-5-14-41(35)49/h1-25H. The van der Waals surface area contributed by atoms with Gasteiger partial charge in [-0.2, -0.15) is 15.8 Å². The van der Waals surface area contributed by atoms with E-state index in [-0.39, 0.29) is 0 Å². The molecule has 0 spiro atoms. The summed E-state index contributed by atoms with van der Waals surface area (Å²) in [5.74, 6) is 0. The fraction of sp³-hybridized carbons (Fsp3) is 0. The van der Waals surface area contributed by atoms with Crippen LogP contribution in [-0.2, 0) is 0 Å². The third-order valence-electron chi connectivity index (χ3n) is 9.64. The molecule has 2 aromatic heterocycles. The molecule has 9 aromatic rings. The van der Waals surface area contributed by atoms with Crippen molar-refractivity contribution in [3.05, 3.63) is 168 Å². The molecule has 0 N–H and O–H groups in total. The average molecular weight is 636 g/mol. The van der Waals surface area contributed by atoms with Gasteiger partial charge in [0.2, 0.25) is 0 Å². The van der Waals surface area contributed by atoms with E-state index in [1.54, 1.807) is 0 Å². The first-order valence-electron chi connectivity index (χ1n) is 16.3. The highest BCUT2D eigenvalue weighted by Gasteiger charge is 2.20. The molecular formula is C45H25N5. The number of aromatic nitrogens is 2. The van der Waals surface area contributed by atoms with Gasteiger partial charge in [0.15, 0.2) is 0 Å². The van der Waals surface area contributed by atoms with Crippen molar-refractivity contribution in [1.82, 2.24) is 9.13 Å². The van der Waals surface area contributed by atoms with Crippen molar-refractivity contribution < 1.29 is 0 Å². The van der Waals surface area contributed by atoms with Gasteiger partial charge in [0, 0.05) is 38.4 Å². The number of hydrogen-bond donors (Lipinski definition) is 0. The molecule has 7 aromatic carbocycles. The lowest BCUT2D eigenvalue weighted by molar-refractivity contribution is 1.18. The summed E-state index contributed by atoms with van der Waals surface area (Å²) >= 11 is 0. The Morgan fingerprint density at radius 1 is 0.400 bits per heavy atom. The van der Waals surface area contributed by atoms with Gasteiger partial charge in [0.25, 0.3) is 0 Å². The summed E-state index contributed by atoms with van der Waals surface area (Å²) in [4.78, 5) is 0. The summed E-state index contributed by atoms with van der Waals surface area (Å²) in [5.41, 5.74) is 11.5. The third-order valence-corrected chi connectivity index (χ3v) is 9.64. The molecule has 0 fully saturated rings. The molecular weight excluding hydrogens is 611 g/mol. The van der Waals surface area contributed by atoms with E-state index in [1.165, 1.54) is 10.8 Å². The van der Waals surface area contributed by atoms with Crippen LogP contribution in [0.4, 0.5) is 0 Å². The molecule has 0 aliphatic carbocycles. The number of para-hydroxylation sites is 3. The van der Waals surface area contributed by atoms with Crippen molar-refractivity contribution in [3.63, 3.8) is 0 Å². The first kappa shape index (κ1) is 28.8. The van der Waals surface area contributed by atoms with E-state index in [1.807, 2.05) is 60.7 Å². The van der Waals surface area contributed by atoms with E-state index in [9.17, 15) is 15.8 Å². The van der Waals surface area contributed by atoms with Crippen LogP contribution in [0.5, 0.6) is 0 Å². The fourth-order valence-corrected chi connectivity index (χ4v) is 7.48. The zero-order chi connectivity index (χ0) is 33.8. The lowest BCUT2D eigenvalue weighted by atomic mass is 9.90. The molecule has 0 saturated carbocycles. The molecule has 5 nitrogen and oxygen atoms in total. The molecule has 0 saturated heterocycles. The van der Waals surface area contributed by atoms with Gasteiger partial charge in [-0.15, -0.1) is 0 Å². The number of nitriles is 3. The van der Waals surface area contributed by atoms with Crippen LogP contribution < -0.4 is 0 Å². The lowest BCUT2D eigenvalue weighted by Crippen LogP contribution is -1.99. The molecule has 0 unspecified atom stereocenters. The summed E-state index contributed by atoms with van der Waals surface area (Å²) in [6, 6.07) is 57.8. The smallest absolute Gasteiger partial charge is 0.0998 e. The van der Waals surface area contributed by atoms with Crippen LogP contribution >= 0.6 is 0 Å². The lowest BCUT2D eigenvalue weighted by Gasteiger charge is -2.18. The number of rotatable bonds is 4. The average Bonchev–Trinajstić information content (AvgIpc) is 3.69. The predicted octanol–water partition coefficient (Wildman–Crippen LogP) is 10.8. The maximum atomic E-state index is 10.4. The number of hydrogen-bond acceptors (Lipinski definition) is 3. The molecule has 0 aliphatic rings. The highest BCUT2D eigenvalue weighted by molar-refractivity contribution is 6.11. The van der Waals surface area contributed by atoms with E-state index in [0.29, 0.717) is 16.7 Å². The highest BCUT2D eigenvalue weighted by Crippen LogP contribution is 2.42. The van der Waals surface area contributed by atoms with E-state index < -0.39 is 0 Å². The van der Waals surface area contributed by atoms with Crippen molar-refractivity contribution in [3.8, 4) is 51.8 Å². The Kier molecular flexibility index (Phi) is 6.56. The van der Waals surface area contributed by atoms with Gasteiger partial charge < -0.3 is 9.13 Å². The molecule has 0 atom stereocenters. The Morgan fingerprint density at radius 3 is 1.54 bits per heavy atom. The van der Waals surface area contributed by atoms with Gasteiger partial charge >= 0.3 is 0 Å². The quantitative estimate of drug-likeness (QED) is 0.193. The van der Waals surface area contributed by atoms with Crippen molar-refractivity contribution >= 4 is 43.6 Å². The number of nitrogens with zero attached hydrogens (tertiary/aromatic N) is 5. The minimum absolute atomic E-state index is 0.556. The second-order valence-electron chi connectivity index (χ2n) is 12.3. The second kappa shape index (κ2) is 11.4. The molecule has 0 aliphatic heterocycles. The normalized spacial score (nSPS) is 11.1. The van der Waals surface area contributed by atoms with Gasteiger partial charge in [-0.1, -0.05) is 78.9 Å². The van der Waals surface area contributed by atoms with Gasteiger partial charge in [0.05, 0.1) is 62.7 Å². The first-order chi connectivity index (χ1) is 24.7. The minimum atomic E-state index is 0.556. The van der Waals surface area contributed by atoms with Crippen LogP contribution in [0.15, 0.2) is 152 Å². The first-order valence-corrected chi connectivity index (χ1v) is 16.3. The van der Waals surface area contributed by atoms with Gasteiger partial charge in [-0.05, 0) is 83.9 Å². The van der Waals surface area contributed by atoms with Crippen molar-refractivity contribution in [1.29, 1.82) is 15.8 Å². The van der Waals surface area contributed by atoms with Gasteiger partial charge in [-0.3, -0.25) is 0 Å². The molecule has 2 heterocycles. The van der Waals surface area contributed by atoms with E-state index in [0.717, 1.165) is 66.5 Å². The Bertz CT molecular complexity index is 2830. The molecule has 50 heavy (non-hydrogen) atoms. The van der Waals surface area contributed by atoms with E-state index >= 15 is 0 Å². The topological polar surface area (TPSA) is 81.2 Å². The second-order valence-corrected chi connectivity index (χ2v) is 12.3. The Balaban J connectivity index is 1.25. The Hall–Kier alpha value is -7.39. The summed E-state index contributed by atoms with van der Waals surface area (Å²) in [6.45, 7) is 0.